The quantitative estimate of drug-likeness (QED) is 0.655. The maximum atomic E-state index is 13.6. The highest BCUT2D eigenvalue weighted by Gasteiger charge is 2.12. The molecular formula is C14H8F4N2. The van der Waals surface area contributed by atoms with Gasteiger partial charge in [-0.05, 0) is 6.07 Å². The van der Waals surface area contributed by atoms with E-state index in [4.69, 9.17) is 0 Å². The summed E-state index contributed by atoms with van der Waals surface area (Å²) in [7, 11) is 0. The van der Waals surface area contributed by atoms with E-state index in [0.29, 0.717) is 5.52 Å². The SMILES string of the molecule is Fc1cc2ncn(Cc3cccc(F)c3F)c2cc1F. The second-order valence-corrected chi connectivity index (χ2v) is 4.34. The molecule has 0 aliphatic carbocycles. The third kappa shape index (κ3) is 2.03. The molecule has 0 spiro atoms. The van der Waals surface area contributed by atoms with Crippen molar-refractivity contribution in [3.8, 4) is 0 Å². The standard InChI is InChI=1S/C14H8F4N2/c15-9-3-1-2-8(14(9)18)6-20-7-19-12-4-10(16)11(17)5-13(12)20/h1-5,7H,6H2. The third-order valence-corrected chi connectivity index (χ3v) is 3.04. The summed E-state index contributed by atoms with van der Waals surface area (Å²) in [4.78, 5) is 3.91. The van der Waals surface area contributed by atoms with Crippen LogP contribution in [0, 0.1) is 23.3 Å². The predicted molar refractivity (Wildman–Crippen MR) is 65.1 cm³/mol. The van der Waals surface area contributed by atoms with E-state index in [1.54, 1.807) is 0 Å². The van der Waals surface area contributed by atoms with Gasteiger partial charge in [0.2, 0.25) is 0 Å². The van der Waals surface area contributed by atoms with Gasteiger partial charge in [-0.2, -0.15) is 0 Å². The molecule has 0 aliphatic rings. The van der Waals surface area contributed by atoms with Gasteiger partial charge in [-0.3, -0.25) is 0 Å². The average Bonchev–Trinajstić information content (AvgIpc) is 2.78. The first-order valence-corrected chi connectivity index (χ1v) is 5.79. The molecule has 1 heterocycles. The third-order valence-electron chi connectivity index (χ3n) is 3.04. The molecule has 3 rings (SSSR count). The maximum Gasteiger partial charge on any atom is 0.163 e. The summed E-state index contributed by atoms with van der Waals surface area (Å²) in [6.07, 6.45) is 1.33. The molecule has 0 saturated heterocycles. The Hall–Kier alpha value is -2.37. The number of aromatic nitrogens is 2. The van der Waals surface area contributed by atoms with Crippen molar-refractivity contribution in [2.24, 2.45) is 0 Å². The first kappa shape index (κ1) is 12.7. The van der Waals surface area contributed by atoms with Crippen molar-refractivity contribution >= 4 is 11.0 Å². The van der Waals surface area contributed by atoms with E-state index >= 15 is 0 Å². The Morgan fingerprint density at radius 3 is 2.50 bits per heavy atom. The van der Waals surface area contributed by atoms with Gasteiger partial charge >= 0.3 is 0 Å². The average molecular weight is 280 g/mol. The zero-order valence-electron chi connectivity index (χ0n) is 10.1. The molecular weight excluding hydrogens is 272 g/mol. The summed E-state index contributed by atoms with van der Waals surface area (Å²) < 4.78 is 54.5. The number of fused-ring (bicyclic) bond motifs is 1. The molecule has 3 aromatic rings. The van der Waals surface area contributed by atoms with Gasteiger partial charge in [0.1, 0.15) is 0 Å². The van der Waals surface area contributed by atoms with E-state index in [1.165, 1.54) is 23.0 Å². The topological polar surface area (TPSA) is 17.8 Å². The minimum atomic E-state index is -1.01. The Morgan fingerprint density at radius 1 is 0.950 bits per heavy atom. The fourth-order valence-electron chi connectivity index (χ4n) is 2.03. The Morgan fingerprint density at radius 2 is 1.70 bits per heavy atom. The van der Waals surface area contributed by atoms with Crippen molar-refractivity contribution < 1.29 is 17.6 Å². The minimum Gasteiger partial charge on any atom is -0.326 e. The monoisotopic (exact) mass is 280 g/mol. The fraction of sp³-hybridized carbons (Fsp3) is 0.0714. The van der Waals surface area contributed by atoms with Crippen LogP contribution in [0.2, 0.25) is 0 Å². The van der Waals surface area contributed by atoms with Crippen molar-refractivity contribution in [1.29, 1.82) is 0 Å². The van der Waals surface area contributed by atoms with E-state index in [0.717, 1.165) is 18.2 Å². The number of rotatable bonds is 2. The van der Waals surface area contributed by atoms with Crippen LogP contribution < -0.4 is 0 Å². The highest BCUT2D eigenvalue weighted by Crippen LogP contribution is 2.20. The van der Waals surface area contributed by atoms with Crippen LogP contribution in [0.5, 0.6) is 0 Å². The second-order valence-electron chi connectivity index (χ2n) is 4.34. The summed E-state index contributed by atoms with van der Waals surface area (Å²) in [5.74, 6) is -3.93. The molecule has 1 aromatic heterocycles. The van der Waals surface area contributed by atoms with Crippen LogP contribution in [-0.2, 0) is 6.54 Å². The summed E-state index contributed by atoms with van der Waals surface area (Å²) in [6.45, 7) is -0.0227. The maximum absolute atomic E-state index is 13.6. The van der Waals surface area contributed by atoms with Gasteiger partial charge in [-0.25, -0.2) is 22.5 Å². The molecule has 0 radical (unpaired) electrons. The van der Waals surface area contributed by atoms with Crippen molar-refractivity contribution in [3.63, 3.8) is 0 Å². The lowest BCUT2D eigenvalue weighted by atomic mass is 10.2. The van der Waals surface area contributed by atoms with Crippen LogP contribution in [-0.4, -0.2) is 9.55 Å². The van der Waals surface area contributed by atoms with Gasteiger partial charge < -0.3 is 4.57 Å². The number of nitrogens with zero attached hydrogens (tertiary/aromatic N) is 2. The van der Waals surface area contributed by atoms with E-state index in [1.807, 2.05) is 0 Å². The molecule has 0 unspecified atom stereocenters. The lowest BCUT2D eigenvalue weighted by Gasteiger charge is -2.06. The van der Waals surface area contributed by atoms with Gasteiger partial charge in [0.15, 0.2) is 23.3 Å². The van der Waals surface area contributed by atoms with E-state index in [2.05, 4.69) is 4.98 Å². The molecule has 0 aliphatic heterocycles. The first-order valence-electron chi connectivity index (χ1n) is 5.79. The molecule has 2 nitrogen and oxygen atoms in total. The summed E-state index contributed by atoms with van der Waals surface area (Å²) >= 11 is 0. The molecule has 20 heavy (non-hydrogen) atoms. The second kappa shape index (κ2) is 4.63. The predicted octanol–water partition coefficient (Wildman–Crippen LogP) is 3.64. The van der Waals surface area contributed by atoms with Gasteiger partial charge in [0.25, 0.3) is 0 Å². The zero-order valence-corrected chi connectivity index (χ0v) is 10.1. The lowest BCUT2D eigenvalue weighted by molar-refractivity contribution is 0.495. The lowest BCUT2D eigenvalue weighted by Crippen LogP contribution is -2.02. The molecule has 0 amide bonds. The van der Waals surface area contributed by atoms with Crippen LogP contribution in [0.3, 0.4) is 0 Å². The molecule has 2 aromatic carbocycles. The fourth-order valence-corrected chi connectivity index (χ4v) is 2.03. The summed E-state index contributed by atoms with van der Waals surface area (Å²) in [6, 6.07) is 5.76. The van der Waals surface area contributed by atoms with Crippen LogP contribution >= 0.6 is 0 Å². The van der Waals surface area contributed by atoms with Crippen LogP contribution in [0.4, 0.5) is 17.6 Å². The van der Waals surface area contributed by atoms with Gasteiger partial charge in [-0.1, -0.05) is 12.1 Å². The van der Waals surface area contributed by atoms with Gasteiger partial charge in [0, 0.05) is 17.7 Å². The highest BCUT2D eigenvalue weighted by molar-refractivity contribution is 5.75. The van der Waals surface area contributed by atoms with Gasteiger partial charge in [-0.15, -0.1) is 0 Å². The van der Waals surface area contributed by atoms with E-state index in [9.17, 15) is 17.6 Å². The molecule has 0 N–H and O–H groups in total. The Labute approximate surface area is 111 Å². The van der Waals surface area contributed by atoms with Crippen molar-refractivity contribution in [3.05, 3.63) is 65.5 Å². The largest absolute Gasteiger partial charge is 0.326 e. The highest BCUT2D eigenvalue weighted by atomic mass is 19.2. The van der Waals surface area contributed by atoms with Crippen LogP contribution in [0.15, 0.2) is 36.7 Å². The van der Waals surface area contributed by atoms with Crippen LogP contribution in [0.25, 0.3) is 11.0 Å². The molecule has 0 bridgehead atoms. The van der Waals surface area contributed by atoms with Crippen LogP contribution in [0.1, 0.15) is 5.56 Å². The first-order chi connectivity index (χ1) is 9.56. The summed E-state index contributed by atoms with van der Waals surface area (Å²) in [5, 5.41) is 0. The molecule has 0 fully saturated rings. The molecule has 0 atom stereocenters. The van der Waals surface area contributed by atoms with Crippen molar-refractivity contribution in [2.75, 3.05) is 0 Å². The number of halogens is 4. The van der Waals surface area contributed by atoms with Gasteiger partial charge in [0.05, 0.1) is 23.9 Å². The molecule has 0 saturated carbocycles. The Kier molecular flexibility index (Phi) is 2.93. The molecule has 102 valence electrons. The number of benzene rings is 2. The Bertz CT molecular complexity index is 795. The number of hydrogen-bond acceptors (Lipinski definition) is 1. The minimum absolute atomic E-state index is 0.0227. The number of hydrogen-bond donors (Lipinski definition) is 0. The van der Waals surface area contributed by atoms with E-state index in [-0.39, 0.29) is 17.6 Å². The normalized spacial score (nSPS) is 11.2. The molecule has 6 heteroatoms. The van der Waals surface area contributed by atoms with Crippen molar-refractivity contribution in [2.45, 2.75) is 6.54 Å². The number of imidazole rings is 1. The smallest absolute Gasteiger partial charge is 0.163 e. The van der Waals surface area contributed by atoms with E-state index < -0.39 is 23.3 Å². The zero-order chi connectivity index (χ0) is 14.3. The summed E-state index contributed by atoms with van der Waals surface area (Å²) in [5.41, 5.74) is 0.669. The van der Waals surface area contributed by atoms with Crippen molar-refractivity contribution in [1.82, 2.24) is 9.55 Å². The Balaban J connectivity index is 2.07.